The molecule has 21 heteroatoms. The molecule has 10 aromatic carbocycles. The van der Waals surface area contributed by atoms with Crippen molar-refractivity contribution in [1.82, 2.24) is 0 Å². The number of thioether (sulfide) groups is 2. The van der Waals surface area contributed by atoms with Crippen molar-refractivity contribution in [2.24, 2.45) is 9.98 Å². The summed E-state index contributed by atoms with van der Waals surface area (Å²) in [7, 11) is 6.95. The lowest BCUT2D eigenvalue weighted by atomic mass is 9.99. The maximum Gasteiger partial charge on any atom is 0.261 e. The summed E-state index contributed by atoms with van der Waals surface area (Å²) >= 11 is 8.51. The number of amides is 4. The Labute approximate surface area is 713 Å². The van der Waals surface area contributed by atoms with Gasteiger partial charge in [0.1, 0.15) is 37.9 Å². The Kier molecular flexibility index (Phi) is 23.2. The number of benzene rings is 10. The van der Waals surface area contributed by atoms with Gasteiger partial charge in [0.2, 0.25) is 0 Å². The number of aliphatic imine (C=N–C) groups is 2. The fourth-order valence-corrected chi connectivity index (χ4v) is 22.7. The molecule has 18 rings (SSSR count). The lowest BCUT2D eigenvalue weighted by molar-refractivity contribution is 0.0973. The number of methoxy groups -OCH3 is 2. The molecule has 0 radical (unpaired) electrons. The zero-order valence-electron chi connectivity index (χ0n) is 67.9. The minimum absolute atomic E-state index is 0.0146. The van der Waals surface area contributed by atoms with Crippen LogP contribution in [0.4, 0.5) is 34.1 Å². The van der Waals surface area contributed by atoms with Crippen molar-refractivity contribution in [3.8, 4) is 34.5 Å². The summed E-state index contributed by atoms with van der Waals surface area (Å²) in [5, 5.41) is 0. The summed E-state index contributed by atoms with van der Waals surface area (Å²) in [5.41, 5.74) is 22.6. The molecule has 8 aliphatic rings. The van der Waals surface area contributed by atoms with Crippen molar-refractivity contribution in [3.05, 3.63) is 282 Å². The zero-order chi connectivity index (χ0) is 81.7. The molecule has 0 fully saturated rings. The molecule has 8 aliphatic heterocycles. The highest BCUT2D eigenvalue weighted by Crippen LogP contribution is 2.47. The van der Waals surface area contributed by atoms with E-state index in [0.29, 0.717) is 94.6 Å². The number of thiol groups is 1. The van der Waals surface area contributed by atoms with Crippen LogP contribution in [0.5, 0.6) is 34.5 Å². The number of para-hydroxylation sites is 4. The molecule has 16 nitrogen and oxygen atoms in total. The number of carbonyl (C=O) groups excluding carboxylic acids is 4. The molecular formula is C97H96N6O10S5. The van der Waals surface area contributed by atoms with E-state index in [0.717, 1.165) is 158 Å². The van der Waals surface area contributed by atoms with Gasteiger partial charge >= 0.3 is 0 Å². The van der Waals surface area contributed by atoms with E-state index < -0.39 is 0 Å². The SMILES string of the molecule is COc1cc2c(cc1OCc1cc(COc3cc4c(cc3C)C(=O)N3c5ccccc5C[C@H]3C=N4)cc(CSCC(C)(C)S)c1)CC[C@@H]1Cc3ccccc3N1C2=O.COc1cc2c(cc1OCc1cc(COc3cc4c(cc3C)C(=O)N3c5ccccc5C[C@H]3C=N4)cc(CSCC(C)(C)SSC)c1)CC[C@@H]1Cc3ccccc3N1C2=O. The third-order valence-corrected chi connectivity index (χ3v) is 29.2. The first-order chi connectivity index (χ1) is 57.1. The molecule has 10 aromatic rings. The molecule has 0 saturated heterocycles. The number of anilines is 4. The lowest BCUT2D eigenvalue weighted by Crippen LogP contribution is -2.37. The highest BCUT2D eigenvalue weighted by Gasteiger charge is 2.42. The number of hydrogen-bond donors (Lipinski definition) is 1. The standard InChI is InChI=1S/C49H49N3O5S3.C48H47N3O5S2/c1-30-16-40-41(50-25-38-21-36-11-7-9-13-43(36)52(38)48(40)54)24-44(30)56-26-31-17-32(19-33(18-31)28-59-29-49(2,3)60-58-5)27-57-46-22-34-14-15-37-20-35-10-6-8-12-42(35)51(37)47(53)39(34)23-45(46)55-4;1-29-15-39-40(49-24-37-20-35-10-6-8-12-42(35)51(37)47(39)53)23-43(29)55-25-30-16-31(18-32(17-30)27-58-28-48(2,3)57)26-56-45-21-33-13-14-36-19-34-9-5-7-11-41(34)50(36)46(52)38(33)22-44(45)54-4/h6-13,16-19,22-25,37-38H,14-15,20-21,26-29H2,1-5H3;5-12,15-18,21-24,36-37,57H,13-14,19-20,25-28H2,1-4H3/t37-,38+;36-,37+/m11/s1. The Balaban J connectivity index is 0.000000169. The molecule has 0 unspecified atom stereocenters. The summed E-state index contributed by atoms with van der Waals surface area (Å²) in [6.45, 7) is 14.1. The number of fused-ring (bicyclic) bond motifs is 16. The Morgan fingerprint density at radius 2 is 0.763 bits per heavy atom. The van der Waals surface area contributed by atoms with Crippen molar-refractivity contribution >= 4 is 128 Å². The fourth-order valence-electron chi connectivity index (χ4n) is 17.7. The molecule has 8 heterocycles. The largest absolute Gasteiger partial charge is 0.493 e. The predicted octanol–water partition coefficient (Wildman–Crippen LogP) is 20.9. The van der Waals surface area contributed by atoms with E-state index in [9.17, 15) is 19.2 Å². The van der Waals surface area contributed by atoms with Gasteiger partial charge in [-0.2, -0.15) is 36.2 Å². The van der Waals surface area contributed by atoms with Crippen LogP contribution in [0.1, 0.15) is 160 Å². The first-order valence-electron chi connectivity index (χ1n) is 40.4. The summed E-state index contributed by atoms with van der Waals surface area (Å²) < 4.78 is 37.9. The van der Waals surface area contributed by atoms with Crippen molar-refractivity contribution < 1.29 is 47.6 Å². The molecule has 0 bridgehead atoms. The third-order valence-electron chi connectivity index (χ3n) is 23.1. The Bertz CT molecular complexity index is 5680. The van der Waals surface area contributed by atoms with Crippen LogP contribution in [0, 0.1) is 13.8 Å². The quantitative estimate of drug-likeness (QED) is 0.0449. The van der Waals surface area contributed by atoms with E-state index in [1.807, 2.05) is 195 Å². The van der Waals surface area contributed by atoms with E-state index in [1.54, 1.807) is 25.0 Å². The van der Waals surface area contributed by atoms with Crippen LogP contribution < -0.4 is 48.0 Å². The molecule has 0 N–H and O–H groups in total. The first-order valence-corrected chi connectivity index (χ1v) is 45.7. The van der Waals surface area contributed by atoms with Crippen molar-refractivity contribution in [2.45, 2.75) is 165 Å². The van der Waals surface area contributed by atoms with Gasteiger partial charge in [0, 0.05) is 116 Å². The van der Waals surface area contributed by atoms with Gasteiger partial charge in [0.15, 0.2) is 23.0 Å². The highest BCUT2D eigenvalue weighted by molar-refractivity contribution is 8.77. The molecule has 0 saturated carbocycles. The average Bonchev–Trinajstić information content (AvgIpc) is 1.62. The van der Waals surface area contributed by atoms with E-state index in [2.05, 4.69) is 101 Å². The Morgan fingerprint density at radius 3 is 1.15 bits per heavy atom. The minimum Gasteiger partial charge on any atom is -0.493 e. The van der Waals surface area contributed by atoms with Crippen LogP contribution in [-0.2, 0) is 76.5 Å². The van der Waals surface area contributed by atoms with Crippen LogP contribution in [0.2, 0.25) is 0 Å². The Hall–Kier alpha value is -10.0. The molecule has 604 valence electrons. The zero-order valence-corrected chi connectivity index (χ0v) is 72.1. The van der Waals surface area contributed by atoms with Crippen LogP contribution >= 0.6 is 57.7 Å². The summed E-state index contributed by atoms with van der Waals surface area (Å²) in [6.07, 6.45) is 12.5. The number of nitrogens with zero attached hydrogens (tertiary/aromatic N) is 6. The number of carbonyl (C=O) groups is 4. The summed E-state index contributed by atoms with van der Waals surface area (Å²) in [5.74, 6) is 7.23. The molecule has 4 amide bonds. The van der Waals surface area contributed by atoms with Gasteiger partial charge in [-0.1, -0.05) is 132 Å². The van der Waals surface area contributed by atoms with Crippen LogP contribution in [0.15, 0.2) is 192 Å². The molecule has 0 spiro atoms. The van der Waals surface area contributed by atoms with Gasteiger partial charge in [0.05, 0.1) is 48.8 Å². The average molecular weight is 1670 g/mol. The second-order valence-corrected chi connectivity index (χ2v) is 39.3. The molecule has 0 aromatic heterocycles. The molecule has 0 aliphatic carbocycles. The third kappa shape index (κ3) is 16.8. The minimum atomic E-state index is -0.111. The van der Waals surface area contributed by atoms with Gasteiger partial charge in [-0.05, 0) is 223 Å². The maximum absolute atomic E-state index is 14.1. The van der Waals surface area contributed by atoms with Crippen molar-refractivity contribution in [2.75, 3.05) is 51.6 Å². The highest BCUT2D eigenvalue weighted by atomic mass is 33.1. The second-order valence-electron chi connectivity index (χ2n) is 33.0. The van der Waals surface area contributed by atoms with E-state index >= 15 is 0 Å². The lowest BCUT2D eigenvalue weighted by Gasteiger charge is -2.23. The topological polar surface area (TPSA) is 161 Å². The van der Waals surface area contributed by atoms with E-state index in [1.165, 1.54) is 16.7 Å². The number of rotatable bonds is 24. The van der Waals surface area contributed by atoms with Crippen LogP contribution in [0.25, 0.3) is 0 Å². The van der Waals surface area contributed by atoms with E-state index in [4.69, 9.17) is 51.0 Å². The van der Waals surface area contributed by atoms with Gasteiger partial charge < -0.3 is 38.2 Å². The summed E-state index contributed by atoms with van der Waals surface area (Å²) in [4.78, 5) is 73.2. The Morgan fingerprint density at radius 1 is 0.407 bits per heavy atom. The number of hydrogen-bond acceptors (Lipinski definition) is 17. The fraction of sp³-hybridized carbons (Fsp3) is 0.320. The number of ether oxygens (including phenoxy) is 6. The molecular weight excluding hydrogens is 1570 g/mol. The molecule has 4 atom stereocenters. The van der Waals surface area contributed by atoms with Gasteiger partial charge in [-0.3, -0.25) is 39.0 Å². The smallest absolute Gasteiger partial charge is 0.261 e. The monoisotopic (exact) mass is 1660 g/mol. The van der Waals surface area contributed by atoms with Crippen LogP contribution in [-0.4, -0.2) is 102 Å². The van der Waals surface area contributed by atoms with Crippen molar-refractivity contribution in [1.29, 1.82) is 0 Å². The van der Waals surface area contributed by atoms with Crippen molar-refractivity contribution in [3.63, 3.8) is 0 Å². The molecule has 118 heavy (non-hydrogen) atoms. The van der Waals surface area contributed by atoms with Gasteiger partial charge in [-0.15, -0.1) is 0 Å². The van der Waals surface area contributed by atoms with Gasteiger partial charge in [0.25, 0.3) is 23.6 Å². The van der Waals surface area contributed by atoms with E-state index in [-0.39, 0.29) is 57.3 Å². The first kappa shape index (κ1) is 80.4. The normalized spacial score (nSPS) is 17.6. The van der Waals surface area contributed by atoms with Gasteiger partial charge in [-0.25, -0.2) is 0 Å². The maximum atomic E-state index is 14.1. The second kappa shape index (κ2) is 34.0. The predicted molar refractivity (Wildman–Crippen MR) is 485 cm³/mol. The van der Waals surface area contributed by atoms with Crippen LogP contribution in [0.3, 0.4) is 0 Å². The summed E-state index contributed by atoms with van der Waals surface area (Å²) in [6, 6.07) is 61.1. The number of aryl methyl sites for hydroxylation is 4.